The highest BCUT2D eigenvalue weighted by Crippen LogP contribution is 2.31. The molecule has 1 aliphatic heterocycles. The Morgan fingerprint density at radius 1 is 1.17 bits per heavy atom. The molecule has 0 unspecified atom stereocenters. The molecule has 1 amide bonds. The summed E-state index contributed by atoms with van der Waals surface area (Å²) >= 11 is 1.64. The van der Waals surface area contributed by atoms with Crippen LogP contribution in [0.2, 0.25) is 0 Å². The average molecular weight is 409 g/mol. The summed E-state index contributed by atoms with van der Waals surface area (Å²) in [7, 11) is 0. The predicted octanol–water partition coefficient (Wildman–Crippen LogP) is 4.06. The Labute approximate surface area is 174 Å². The van der Waals surface area contributed by atoms with Crippen molar-refractivity contribution in [3.05, 3.63) is 70.1 Å². The molecule has 2 heterocycles. The number of benzene rings is 2. The fourth-order valence-electron chi connectivity index (χ4n) is 3.99. The molecular formula is C23H24N2O3S. The number of carbonyl (C=O) groups excluding carboxylic acids is 1. The first-order chi connectivity index (χ1) is 14.0. The summed E-state index contributed by atoms with van der Waals surface area (Å²) in [5, 5.41) is 0.592. The molecule has 0 bridgehead atoms. The molecule has 0 N–H and O–H groups in total. The van der Waals surface area contributed by atoms with Crippen molar-refractivity contribution in [2.24, 2.45) is 0 Å². The first-order valence-electron chi connectivity index (χ1n) is 9.66. The van der Waals surface area contributed by atoms with Gasteiger partial charge in [0.25, 0.3) is 0 Å². The molecule has 4 rings (SSSR count). The van der Waals surface area contributed by atoms with Crippen molar-refractivity contribution < 1.29 is 9.21 Å². The first-order valence-corrected chi connectivity index (χ1v) is 10.9. The molecule has 0 aliphatic carbocycles. The molecule has 6 heteroatoms. The number of fused-ring (bicyclic) bond motifs is 1. The Bertz CT molecular complexity index is 1120. The number of piperazine rings is 1. The lowest BCUT2D eigenvalue weighted by molar-refractivity contribution is -0.122. The van der Waals surface area contributed by atoms with Crippen LogP contribution in [0.5, 0.6) is 0 Å². The number of hydrogen-bond donors (Lipinski definition) is 0. The van der Waals surface area contributed by atoms with E-state index in [0.29, 0.717) is 29.6 Å². The number of hydrogen-bond acceptors (Lipinski definition) is 5. The minimum Gasteiger partial charge on any atom is -0.464 e. The quantitative estimate of drug-likeness (QED) is 0.610. The topological polar surface area (TPSA) is 53.8 Å². The summed E-state index contributed by atoms with van der Waals surface area (Å²) in [6.45, 7) is 5.38. The smallest absolute Gasteiger partial charge is 0.241 e. The molecule has 2 aromatic carbocycles. The van der Waals surface area contributed by atoms with Crippen molar-refractivity contribution in [2.45, 2.75) is 31.3 Å². The van der Waals surface area contributed by atoms with Gasteiger partial charge < -0.3 is 9.32 Å². The molecule has 29 heavy (non-hydrogen) atoms. The van der Waals surface area contributed by atoms with Gasteiger partial charge in [-0.1, -0.05) is 23.8 Å². The molecule has 150 valence electrons. The normalized spacial score (nSPS) is 17.8. The molecule has 1 saturated heterocycles. The van der Waals surface area contributed by atoms with Crippen molar-refractivity contribution in [1.29, 1.82) is 0 Å². The third-order valence-electron chi connectivity index (χ3n) is 5.33. The van der Waals surface area contributed by atoms with Crippen molar-refractivity contribution >= 4 is 34.3 Å². The Balaban J connectivity index is 1.57. The van der Waals surface area contributed by atoms with E-state index in [1.165, 1.54) is 6.26 Å². The maximum absolute atomic E-state index is 13.0. The van der Waals surface area contributed by atoms with Gasteiger partial charge >= 0.3 is 0 Å². The lowest BCUT2D eigenvalue weighted by Gasteiger charge is -2.40. The van der Waals surface area contributed by atoms with Gasteiger partial charge in [-0.05, 0) is 44.4 Å². The predicted molar refractivity (Wildman–Crippen MR) is 118 cm³/mol. The van der Waals surface area contributed by atoms with Crippen LogP contribution in [0.1, 0.15) is 18.1 Å². The van der Waals surface area contributed by atoms with Crippen LogP contribution >= 0.6 is 11.8 Å². The summed E-state index contributed by atoms with van der Waals surface area (Å²) in [6.07, 6.45) is 3.55. The van der Waals surface area contributed by atoms with Crippen LogP contribution in [0.3, 0.4) is 0 Å². The maximum atomic E-state index is 13.0. The molecule has 1 aromatic heterocycles. The Kier molecular flexibility index (Phi) is 5.48. The zero-order valence-electron chi connectivity index (χ0n) is 16.8. The van der Waals surface area contributed by atoms with Gasteiger partial charge in [-0.3, -0.25) is 14.5 Å². The van der Waals surface area contributed by atoms with E-state index in [2.05, 4.69) is 0 Å². The SMILES string of the molecule is CSc1ccccc1N1C(=O)CN(Cc2coc3ccc(C)cc3c2=O)C[C@@H]1C. The van der Waals surface area contributed by atoms with Crippen LogP contribution < -0.4 is 10.3 Å². The van der Waals surface area contributed by atoms with E-state index in [0.717, 1.165) is 16.1 Å². The zero-order valence-corrected chi connectivity index (χ0v) is 17.7. The Morgan fingerprint density at radius 3 is 2.72 bits per heavy atom. The van der Waals surface area contributed by atoms with E-state index >= 15 is 0 Å². The highest BCUT2D eigenvalue weighted by Gasteiger charge is 2.32. The molecule has 3 aromatic rings. The number of carbonyl (C=O) groups is 1. The molecular weight excluding hydrogens is 384 g/mol. The van der Waals surface area contributed by atoms with Crippen LogP contribution in [0, 0.1) is 6.92 Å². The summed E-state index contributed by atoms with van der Waals surface area (Å²) in [5.74, 6) is 0.0475. The van der Waals surface area contributed by atoms with Crippen LogP contribution in [0.4, 0.5) is 5.69 Å². The van der Waals surface area contributed by atoms with Crippen molar-refractivity contribution in [3.8, 4) is 0 Å². The van der Waals surface area contributed by atoms with Gasteiger partial charge in [-0.15, -0.1) is 11.8 Å². The van der Waals surface area contributed by atoms with Crippen LogP contribution in [-0.4, -0.2) is 36.2 Å². The van der Waals surface area contributed by atoms with E-state index in [9.17, 15) is 9.59 Å². The van der Waals surface area contributed by atoms with E-state index < -0.39 is 0 Å². The van der Waals surface area contributed by atoms with Crippen molar-refractivity contribution in [1.82, 2.24) is 4.90 Å². The third-order valence-corrected chi connectivity index (χ3v) is 6.11. The fraction of sp³-hybridized carbons (Fsp3) is 0.304. The van der Waals surface area contributed by atoms with Gasteiger partial charge in [0.05, 0.1) is 23.9 Å². The highest BCUT2D eigenvalue weighted by atomic mass is 32.2. The van der Waals surface area contributed by atoms with E-state index in [1.807, 2.05) is 72.4 Å². The molecule has 5 nitrogen and oxygen atoms in total. The minimum absolute atomic E-state index is 0.0132. The number of aryl methyl sites for hydroxylation is 1. The Morgan fingerprint density at radius 2 is 1.97 bits per heavy atom. The molecule has 1 aliphatic rings. The summed E-state index contributed by atoms with van der Waals surface area (Å²) in [4.78, 5) is 30.9. The monoisotopic (exact) mass is 408 g/mol. The number of para-hydroxylation sites is 1. The van der Waals surface area contributed by atoms with E-state index in [-0.39, 0.29) is 23.9 Å². The number of anilines is 1. The number of thioether (sulfide) groups is 1. The van der Waals surface area contributed by atoms with Gasteiger partial charge in [0.1, 0.15) is 5.58 Å². The molecule has 1 atom stereocenters. The molecule has 0 spiro atoms. The van der Waals surface area contributed by atoms with Crippen molar-refractivity contribution in [2.75, 3.05) is 24.2 Å². The fourth-order valence-corrected chi connectivity index (χ4v) is 4.58. The number of rotatable bonds is 4. The zero-order chi connectivity index (χ0) is 20.5. The summed E-state index contributed by atoms with van der Waals surface area (Å²) in [5.41, 5.74) is 3.13. The van der Waals surface area contributed by atoms with Gasteiger partial charge in [0, 0.05) is 29.6 Å². The lowest BCUT2D eigenvalue weighted by atomic mass is 10.1. The van der Waals surface area contributed by atoms with E-state index in [1.54, 1.807) is 11.8 Å². The second-order valence-electron chi connectivity index (χ2n) is 7.54. The van der Waals surface area contributed by atoms with E-state index in [4.69, 9.17) is 4.42 Å². The highest BCUT2D eigenvalue weighted by molar-refractivity contribution is 7.98. The number of amides is 1. The van der Waals surface area contributed by atoms with Crippen LogP contribution in [0.25, 0.3) is 11.0 Å². The largest absolute Gasteiger partial charge is 0.464 e. The Hall–Kier alpha value is -2.57. The standard InChI is InChI=1S/C23H24N2O3S/c1-15-8-9-20-18(10-15)23(27)17(14-28-20)12-24-11-16(2)25(22(26)13-24)19-6-4-5-7-21(19)29-3/h4-10,14,16H,11-13H2,1-3H3/t16-/m0/s1. The third kappa shape index (κ3) is 3.82. The minimum atomic E-state index is -0.0230. The van der Waals surface area contributed by atoms with Gasteiger partial charge in [0.15, 0.2) is 5.43 Å². The maximum Gasteiger partial charge on any atom is 0.241 e. The molecule has 0 radical (unpaired) electrons. The first kappa shape index (κ1) is 19.7. The second kappa shape index (κ2) is 8.05. The second-order valence-corrected chi connectivity index (χ2v) is 8.39. The lowest BCUT2D eigenvalue weighted by Crippen LogP contribution is -2.55. The summed E-state index contributed by atoms with van der Waals surface area (Å²) in [6, 6.07) is 13.6. The van der Waals surface area contributed by atoms with Crippen molar-refractivity contribution in [3.63, 3.8) is 0 Å². The molecule has 0 saturated carbocycles. The van der Waals surface area contributed by atoms with Gasteiger partial charge in [0.2, 0.25) is 5.91 Å². The van der Waals surface area contributed by atoms with Gasteiger partial charge in [-0.2, -0.15) is 0 Å². The summed E-state index contributed by atoms with van der Waals surface area (Å²) < 4.78 is 5.67. The number of nitrogens with zero attached hydrogens (tertiary/aromatic N) is 2. The van der Waals surface area contributed by atoms with Crippen LogP contribution in [0.15, 0.2) is 62.8 Å². The molecule has 1 fully saturated rings. The average Bonchev–Trinajstić information content (AvgIpc) is 2.70. The van der Waals surface area contributed by atoms with Gasteiger partial charge in [-0.25, -0.2) is 0 Å². The van der Waals surface area contributed by atoms with Crippen LogP contribution in [-0.2, 0) is 11.3 Å².